The number of carbonyl (C=O) groups is 2. The van der Waals surface area contributed by atoms with Crippen LogP contribution in [0.1, 0.15) is 19.8 Å². The van der Waals surface area contributed by atoms with Gasteiger partial charge in [-0.25, -0.2) is 0 Å². The Morgan fingerprint density at radius 3 is 2.73 bits per heavy atom. The molecule has 0 saturated carbocycles. The van der Waals surface area contributed by atoms with Crippen LogP contribution in [-0.2, 0) is 14.3 Å². The molecule has 0 spiro atoms. The van der Waals surface area contributed by atoms with Crippen molar-refractivity contribution < 1.29 is 19.4 Å². The van der Waals surface area contributed by atoms with E-state index in [-0.39, 0.29) is 17.5 Å². The van der Waals surface area contributed by atoms with Crippen molar-refractivity contribution in [3.8, 4) is 0 Å². The largest absolute Gasteiger partial charge is 0.480 e. The van der Waals surface area contributed by atoms with Crippen LogP contribution in [0.2, 0.25) is 0 Å². The number of hydrogen-bond acceptors (Lipinski definition) is 5. The van der Waals surface area contributed by atoms with Gasteiger partial charge in [0.2, 0.25) is 0 Å². The van der Waals surface area contributed by atoms with E-state index in [4.69, 9.17) is 15.6 Å². The molecule has 5 nitrogen and oxygen atoms in total. The average molecular weight is 235 g/mol. The summed E-state index contributed by atoms with van der Waals surface area (Å²) in [5.41, 5.74) is 5.25. The number of nitrogens with two attached hydrogens (primary N) is 1. The van der Waals surface area contributed by atoms with E-state index in [9.17, 15) is 9.59 Å². The summed E-state index contributed by atoms with van der Waals surface area (Å²) >= 11 is 1.18. The van der Waals surface area contributed by atoms with E-state index in [1.54, 1.807) is 0 Å². The van der Waals surface area contributed by atoms with Gasteiger partial charge in [-0.05, 0) is 6.42 Å². The Morgan fingerprint density at radius 1 is 1.53 bits per heavy atom. The lowest BCUT2D eigenvalue weighted by molar-refractivity contribution is -0.141. The smallest absolute Gasteiger partial charge is 0.321 e. The summed E-state index contributed by atoms with van der Waals surface area (Å²) in [6, 6.07) is -0.918. The number of ether oxygens (including phenoxy) is 1. The average Bonchev–Trinajstić information content (AvgIpc) is 2.18. The van der Waals surface area contributed by atoms with Crippen LogP contribution in [0.3, 0.4) is 0 Å². The number of carbonyl (C=O) groups excluding carboxylic acids is 1. The van der Waals surface area contributed by atoms with Crippen molar-refractivity contribution in [2.75, 3.05) is 18.1 Å². The van der Waals surface area contributed by atoms with Crippen molar-refractivity contribution in [1.29, 1.82) is 0 Å². The summed E-state index contributed by atoms with van der Waals surface area (Å²) in [4.78, 5) is 21.4. The molecule has 15 heavy (non-hydrogen) atoms. The molecular formula is C9H17NO4S. The van der Waals surface area contributed by atoms with Crippen LogP contribution in [0, 0.1) is 0 Å². The second-order valence-corrected chi connectivity index (χ2v) is 4.06. The van der Waals surface area contributed by atoms with E-state index in [2.05, 4.69) is 0 Å². The number of carboxylic acid groups (broad SMARTS) is 1. The number of aliphatic carboxylic acids is 1. The van der Waals surface area contributed by atoms with Crippen molar-refractivity contribution >= 4 is 23.7 Å². The molecule has 0 bridgehead atoms. The molecule has 0 rings (SSSR count). The minimum atomic E-state index is -1.05. The molecule has 0 aromatic rings. The molecule has 0 aliphatic carbocycles. The standard InChI is InChI=1S/C9H17NO4S/c1-2-3-4-14-8(11)6-15-5-7(10)9(12)13/h7H,2-6,10H2,1H3,(H,12,13). The van der Waals surface area contributed by atoms with Crippen LogP contribution < -0.4 is 5.73 Å². The predicted molar refractivity (Wildman–Crippen MR) is 58.8 cm³/mol. The van der Waals surface area contributed by atoms with Crippen LogP contribution in [0.5, 0.6) is 0 Å². The molecule has 0 aromatic heterocycles. The molecule has 6 heteroatoms. The van der Waals surface area contributed by atoms with E-state index in [0.29, 0.717) is 6.61 Å². The number of carboxylic acids is 1. The maximum absolute atomic E-state index is 11.0. The van der Waals surface area contributed by atoms with Crippen LogP contribution in [0.25, 0.3) is 0 Å². The molecule has 1 unspecified atom stereocenters. The van der Waals surface area contributed by atoms with Gasteiger partial charge in [-0.1, -0.05) is 13.3 Å². The molecule has 0 radical (unpaired) electrons. The van der Waals surface area contributed by atoms with E-state index in [0.717, 1.165) is 12.8 Å². The number of hydrogen-bond donors (Lipinski definition) is 2. The molecule has 0 fully saturated rings. The summed E-state index contributed by atoms with van der Waals surface area (Å²) in [7, 11) is 0. The lowest BCUT2D eigenvalue weighted by atomic mass is 10.4. The Bertz CT molecular complexity index is 210. The van der Waals surface area contributed by atoms with E-state index in [1.165, 1.54) is 11.8 Å². The molecule has 0 aliphatic rings. The summed E-state index contributed by atoms with van der Waals surface area (Å²) in [6.07, 6.45) is 1.83. The lowest BCUT2D eigenvalue weighted by Gasteiger charge is -2.06. The molecule has 1 atom stereocenters. The predicted octanol–water partition coefficient (Wildman–Crippen LogP) is 0.475. The molecule has 88 valence electrons. The Labute approximate surface area is 93.4 Å². The molecule has 0 aliphatic heterocycles. The Hall–Kier alpha value is -0.750. The first-order chi connectivity index (χ1) is 7.07. The van der Waals surface area contributed by atoms with Gasteiger partial charge in [-0.15, -0.1) is 11.8 Å². The number of rotatable bonds is 8. The molecule has 3 N–H and O–H groups in total. The molecule has 0 aromatic carbocycles. The van der Waals surface area contributed by atoms with Gasteiger partial charge in [0.25, 0.3) is 0 Å². The zero-order valence-electron chi connectivity index (χ0n) is 8.77. The van der Waals surface area contributed by atoms with Gasteiger partial charge in [0.1, 0.15) is 6.04 Å². The van der Waals surface area contributed by atoms with E-state index in [1.807, 2.05) is 6.92 Å². The van der Waals surface area contributed by atoms with Crippen molar-refractivity contribution in [2.24, 2.45) is 5.73 Å². The SMILES string of the molecule is CCCCOC(=O)CSCC(N)C(=O)O. The van der Waals surface area contributed by atoms with Crippen LogP contribution in [-0.4, -0.2) is 41.2 Å². The lowest BCUT2D eigenvalue weighted by Crippen LogP contribution is -2.32. The monoisotopic (exact) mass is 235 g/mol. The van der Waals surface area contributed by atoms with Crippen molar-refractivity contribution in [2.45, 2.75) is 25.8 Å². The second kappa shape index (κ2) is 8.55. The van der Waals surface area contributed by atoms with Crippen LogP contribution in [0.4, 0.5) is 0 Å². The van der Waals surface area contributed by atoms with Crippen molar-refractivity contribution in [3.05, 3.63) is 0 Å². The van der Waals surface area contributed by atoms with Crippen LogP contribution in [0.15, 0.2) is 0 Å². The van der Waals surface area contributed by atoms with Crippen molar-refractivity contribution in [3.63, 3.8) is 0 Å². The third-order valence-corrected chi connectivity index (χ3v) is 2.63. The molecule has 0 amide bonds. The highest BCUT2D eigenvalue weighted by Crippen LogP contribution is 2.03. The van der Waals surface area contributed by atoms with Gasteiger partial charge in [0.05, 0.1) is 12.4 Å². The number of unbranched alkanes of at least 4 members (excludes halogenated alkanes) is 1. The first-order valence-electron chi connectivity index (χ1n) is 4.79. The normalized spacial score (nSPS) is 12.1. The minimum absolute atomic E-state index is 0.157. The highest BCUT2D eigenvalue weighted by molar-refractivity contribution is 8.00. The fraction of sp³-hybridized carbons (Fsp3) is 0.778. The van der Waals surface area contributed by atoms with Gasteiger partial charge in [-0.3, -0.25) is 9.59 Å². The summed E-state index contributed by atoms with van der Waals surface area (Å²) in [6.45, 7) is 2.44. The fourth-order valence-corrected chi connectivity index (χ4v) is 1.48. The Balaban J connectivity index is 3.42. The number of thioether (sulfide) groups is 1. The maximum Gasteiger partial charge on any atom is 0.321 e. The number of esters is 1. The summed E-state index contributed by atoms with van der Waals surface area (Å²) in [5, 5.41) is 8.47. The third-order valence-electron chi connectivity index (χ3n) is 1.60. The third kappa shape index (κ3) is 8.26. The zero-order valence-corrected chi connectivity index (χ0v) is 9.59. The van der Waals surface area contributed by atoms with Gasteiger partial charge in [0.15, 0.2) is 0 Å². The quantitative estimate of drug-likeness (QED) is 0.469. The fourth-order valence-electron chi connectivity index (χ4n) is 0.713. The molecular weight excluding hydrogens is 218 g/mol. The highest BCUT2D eigenvalue weighted by atomic mass is 32.2. The molecule has 0 saturated heterocycles. The van der Waals surface area contributed by atoms with Crippen molar-refractivity contribution in [1.82, 2.24) is 0 Å². The van der Waals surface area contributed by atoms with Gasteiger partial charge in [0, 0.05) is 5.75 Å². The minimum Gasteiger partial charge on any atom is -0.480 e. The van der Waals surface area contributed by atoms with Gasteiger partial charge < -0.3 is 15.6 Å². The van der Waals surface area contributed by atoms with E-state index < -0.39 is 12.0 Å². The van der Waals surface area contributed by atoms with E-state index >= 15 is 0 Å². The Morgan fingerprint density at radius 2 is 2.20 bits per heavy atom. The first kappa shape index (κ1) is 14.2. The first-order valence-corrected chi connectivity index (χ1v) is 5.95. The van der Waals surface area contributed by atoms with Gasteiger partial charge >= 0.3 is 11.9 Å². The van der Waals surface area contributed by atoms with Gasteiger partial charge in [-0.2, -0.15) is 0 Å². The summed E-state index contributed by atoms with van der Waals surface area (Å²) < 4.78 is 4.88. The summed E-state index contributed by atoms with van der Waals surface area (Å²) in [5.74, 6) is -0.990. The molecule has 0 heterocycles. The topological polar surface area (TPSA) is 89.6 Å². The van der Waals surface area contributed by atoms with Crippen LogP contribution >= 0.6 is 11.8 Å². The maximum atomic E-state index is 11.0. The Kier molecular flexibility index (Phi) is 8.12. The second-order valence-electron chi connectivity index (χ2n) is 3.03. The highest BCUT2D eigenvalue weighted by Gasteiger charge is 2.12. The zero-order chi connectivity index (χ0) is 11.7.